The SMILES string of the molecule is O=[N+]([O-])c1scc2c1c1cscc1c[n+]2[O-]. The maximum atomic E-state index is 11.6. The molecule has 16 heavy (non-hydrogen) atoms. The van der Waals surface area contributed by atoms with Gasteiger partial charge < -0.3 is 5.21 Å². The van der Waals surface area contributed by atoms with Gasteiger partial charge in [-0.25, -0.2) is 0 Å². The molecule has 7 heteroatoms. The topological polar surface area (TPSA) is 70.1 Å². The molecule has 0 fully saturated rings. The van der Waals surface area contributed by atoms with Gasteiger partial charge in [0, 0.05) is 10.8 Å². The van der Waals surface area contributed by atoms with Crippen molar-refractivity contribution in [2.24, 2.45) is 0 Å². The number of hydrogen-bond donors (Lipinski definition) is 0. The molecule has 0 atom stereocenters. The molecule has 0 N–H and O–H groups in total. The zero-order valence-electron chi connectivity index (χ0n) is 7.75. The first-order chi connectivity index (χ1) is 7.68. The van der Waals surface area contributed by atoms with Crippen LogP contribution in [-0.2, 0) is 0 Å². The summed E-state index contributed by atoms with van der Waals surface area (Å²) in [5.41, 5.74) is 0.364. The van der Waals surface area contributed by atoms with Crippen LogP contribution in [0.4, 0.5) is 5.00 Å². The minimum Gasteiger partial charge on any atom is -0.618 e. The number of nitrogens with zero attached hydrogens (tertiary/aromatic N) is 2. The molecule has 0 aromatic carbocycles. The molecule has 0 aliphatic carbocycles. The van der Waals surface area contributed by atoms with Gasteiger partial charge in [0.25, 0.3) is 0 Å². The van der Waals surface area contributed by atoms with Gasteiger partial charge >= 0.3 is 5.00 Å². The van der Waals surface area contributed by atoms with Gasteiger partial charge in [0.1, 0.15) is 5.39 Å². The predicted molar refractivity (Wildman–Crippen MR) is 62.8 cm³/mol. The molecule has 80 valence electrons. The summed E-state index contributed by atoms with van der Waals surface area (Å²) in [6.07, 6.45) is 1.45. The summed E-state index contributed by atoms with van der Waals surface area (Å²) in [7, 11) is 0. The summed E-state index contributed by atoms with van der Waals surface area (Å²) in [5.74, 6) is 0. The Bertz CT molecular complexity index is 716. The van der Waals surface area contributed by atoms with Gasteiger partial charge in [-0.15, -0.1) is 0 Å². The van der Waals surface area contributed by atoms with Gasteiger partial charge in [-0.3, -0.25) is 10.1 Å². The van der Waals surface area contributed by atoms with E-state index in [1.54, 1.807) is 0 Å². The van der Waals surface area contributed by atoms with E-state index in [4.69, 9.17) is 0 Å². The molecule has 0 aliphatic rings. The van der Waals surface area contributed by atoms with Gasteiger partial charge in [0.15, 0.2) is 6.20 Å². The normalized spacial score (nSPS) is 11.2. The van der Waals surface area contributed by atoms with Crippen molar-refractivity contribution >= 4 is 49.4 Å². The Kier molecular flexibility index (Phi) is 1.86. The second kappa shape index (κ2) is 3.13. The van der Waals surface area contributed by atoms with E-state index in [1.807, 2.05) is 10.8 Å². The van der Waals surface area contributed by atoms with Crippen LogP contribution in [0.25, 0.3) is 21.7 Å². The van der Waals surface area contributed by atoms with E-state index in [1.165, 1.54) is 22.9 Å². The number of rotatable bonds is 1. The maximum absolute atomic E-state index is 11.6. The predicted octanol–water partition coefficient (Wildman–Crippen LogP) is 2.66. The fourth-order valence-corrected chi connectivity index (χ4v) is 3.35. The third-order valence-electron chi connectivity index (χ3n) is 2.37. The van der Waals surface area contributed by atoms with Gasteiger partial charge in [0.05, 0.1) is 15.7 Å². The van der Waals surface area contributed by atoms with Crippen LogP contribution in [-0.4, -0.2) is 4.92 Å². The number of fused-ring (bicyclic) bond motifs is 3. The summed E-state index contributed by atoms with van der Waals surface area (Å²) in [5, 5.41) is 29.7. The van der Waals surface area contributed by atoms with Gasteiger partial charge in [-0.2, -0.15) is 16.1 Å². The average Bonchev–Trinajstić information content (AvgIpc) is 2.80. The van der Waals surface area contributed by atoms with E-state index in [0.29, 0.717) is 15.6 Å². The Morgan fingerprint density at radius 1 is 1.31 bits per heavy atom. The highest BCUT2D eigenvalue weighted by molar-refractivity contribution is 7.15. The van der Waals surface area contributed by atoms with Crippen molar-refractivity contribution in [2.75, 3.05) is 0 Å². The van der Waals surface area contributed by atoms with Crippen molar-refractivity contribution in [2.45, 2.75) is 0 Å². The summed E-state index contributed by atoms with van der Waals surface area (Å²) < 4.78 is 0.688. The second-order valence-corrected chi connectivity index (χ2v) is 4.86. The molecular formula is C9H4N2O3S2. The van der Waals surface area contributed by atoms with Crippen LogP contribution < -0.4 is 4.73 Å². The van der Waals surface area contributed by atoms with Gasteiger partial charge in [-0.1, -0.05) is 11.3 Å². The quantitative estimate of drug-likeness (QED) is 0.289. The van der Waals surface area contributed by atoms with Crippen LogP contribution in [0, 0.1) is 15.3 Å². The van der Waals surface area contributed by atoms with E-state index in [-0.39, 0.29) is 5.00 Å². The largest absolute Gasteiger partial charge is 0.618 e. The van der Waals surface area contributed by atoms with Crippen molar-refractivity contribution in [1.29, 1.82) is 0 Å². The van der Waals surface area contributed by atoms with E-state index in [2.05, 4.69) is 0 Å². The molecule has 3 aromatic heterocycles. The molecule has 3 heterocycles. The third kappa shape index (κ3) is 1.12. The van der Waals surface area contributed by atoms with E-state index >= 15 is 0 Å². The molecule has 5 nitrogen and oxygen atoms in total. The first-order valence-corrected chi connectivity index (χ1v) is 6.14. The van der Waals surface area contributed by atoms with Crippen molar-refractivity contribution in [3.63, 3.8) is 0 Å². The zero-order valence-corrected chi connectivity index (χ0v) is 9.38. The minimum atomic E-state index is -0.440. The molecule has 0 spiro atoms. The van der Waals surface area contributed by atoms with Crippen LogP contribution in [0.2, 0.25) is 0 Å². The highest BCUT2D eigenvalue weighted by atomic mass is 32.1. The lowest BCUT2D eigenvalue weighted by Gasteiger charge is -1.97. The van der Waals surface area contributed by atoms with Crippen LogP contribution in [0.3, 0.4) is 0 Å². The standard InChI is InChI=1S/C9H4N2O3S2/c12-10-1-5-2-15-3-6(5)8-7(10)4-16-9(8)11(13)14/h1-4H. The summed E-state index contributed by atoms with van der Waals surface area (Å²) >= 11 is 2.42. The molecule has 3 aromatic rings. The van der Waals surface area contributed by atoms with Crippen LogP contribution in [0.1, 0.15) is 0 Å². The van der Waals surface area contributed by atoms with Gasteiger partial charge in [-0.05, 0) is 5.38 Å². The number of thiophene rings is 2. The van der Waals surface area contributed by atoms with Crippen LogP contribution >= 0.6 is 22.7 Å². The summed E-state index contributed by atoms with van der Waals surface area (Å²) in [6.45, 7) is 0. The van der Waals surface area contributed by atoms with Crippen LogP contribution in [0.15, 0.2) is 22.3 Å². The Labute approximate surface area is 96.9 Å². The molecule has 3 rings (SSSR count). The molecule has 0 saturated carbocycles. The van der Waals surface area contributed by atoms with Crippen molar-refractivity contribution in [3.8, 4) is 0 Å². The third-order valence-corrected chi connectivity index (χ3v) is 4.05. The highest BCUT2D eigenvalue weighted by Crippen LogP contribution is 2.36. The lowest BCUT2D eigenvalue weighted by Crippen LogP contribution is -2.25. The van der Waals surface area contributed by atoms with Gasteiger partial charge in [0.2, 0.25) is 5.52 Å². The summed E-state index contributed by atoms with van der Waals surface area (Å²) in [4.78, 5) is 10.4. The molecule has 0 unspecified atom stereocenters. The monoisotopic (exact) mass is 252 g/mol. The number of hydrogen-bond acceptors (Lipinski definition) is 5. The molecule has 0 radical (unpaired) electrons. The molecule has 0 bridgehead atoms. The maximum Gasteiger partial charge on any atom is 0.338 e. The average molecular weight is 252 g/mol. The smallest absolute Gasteiger partial charge is 0.338 e. The highest BCUT2D eigenvalue weighted by Gasteiger charge is 2.23. The van der Waals surface area contributed by atoms with E-state index in [0.717, 1.165) is 22.1 Å². The molecular weight excluding hydrogens is 248 g/mol. The number of aromatic nitrogens is 1. The first kappa shape index (κ1) is 9.49. The Morgan fingerprint density at radius 2 is 2.12 bits per heavy atom. The Hall–Kier alpha value is -1.73. The second-order valence-electron chi connectivity index (χ2n) is 3.25. The number of pyridine rings is 1. The number of nitro groups is 1. The molecule has 0 aliphatic heterocycles. The fourth-order valence-electron chi connectivity index (χ4n) is 1.69. The van der Waals surface area contributed by atoms with Crippen molar-refractivity contribution in [3.05, 3.63) is 37.7 Å². The summed E-state index contributed by atoms with van der Waals surface area (Å²) in [6, 6.07) is 0. The molecule has 0 amide bonds. The van der Waals surface area contributed by atoms with Crippen LogP contribution in [0.5, 0.6) is 0 Å². The lowest BCUT2D eigenvalue weighted by atomic mass is 10.2. The van der Waals surface area contributed by atoms with Crippen molar-refractivity contribution < 1.29 is 9.65 Å². The Morgan fingerprint density at radius 3 is 2.88 bits per heavy atom. The first-order valence-electron chi connectivity index (χ1n) is 4.32. The van der Waals surface area contributed by atoms with E-state index in [9.17, 15) is 15.3 Å². The minimum absolute atomic E-state index is 0.0311. The van der Waals surface area contributed by atoms with Crippen molar-refractivity contribution in [1.82, 2.24) is 0 Å². The molecule has 0 saturated heterocycles. The van der Waals surface area contributed by atoms with E-state index < -0.39 is 4.92 Å². The Balaban J connectivity index is 2.61. The lowest BCUT2D eigenvalue weighted by molar-refractivity contribution is -0.575. The zero-order chi connectivity index (χ0) is 11.3. The fraction of sp³-hybridized carbons (Fsp3) is 0.